The van der Waals surface area contributed by atoms with Gasteiger partial charge in [0.15, 0.2) is 0 Å². The first-order chi connectivity index (χ1) is 10.1. The van der Waals surface area contributed by atoms with Crippen molar-refractivity contribution < 1.29 is 0 Å². The third-order valence-corrected chi connectivity index (χ3v) is 5.27. The van der Waals surface area contributed by atoms with E-state index in [9.17, 15) is 4.79 Å². The average Bonchev–Trinajstić information content (AvgIpc) is 2.49. The smallest absolute Gasteiger partial charge is 0.268 e. The number of hydrogen-bond donors (Lipinski definition) is 0. The lowest BCUT2D eigenvalue weighted by atomic mass is 9.99. The number of alkyl halides is 1. The van der Waals surface area contributed by atoms with E-state index in [0.29, 0.717) is 12.5 Å². The van der Waals surface area contributed by atoms with Crippen LogP contribution in [0.5, 0.6) is 0 Å². The van der Waals surface area contributed by atoms with Gasteiger partial charge in [0.1, 0.15) is 0 Å². The van der Waals surface area contributed by atoms with E-state index < -0.39 is 0 Å². The summed E-state index contributed by atoms with van der Waals surface area (Å²) < 4.78 is 1.61. The Labute approximate surface area is 135 Å². The van der Waals surface area contributed by atoms with E-state index in [1.807, 2.05) is 6.20 Å². The number of nitrogens with zero attached hydrogens (tertiary/aromatic N) is 3. The van der Waals surface area contributed by atoms with Crippen LogP contribution >= 0.6 is 15.9 Å². The molecule has 4 nitrogen and oxygen atoms in total. The maximum absolute atomic E-state index is 12.3. The number of halogens is 1. The van der Waals surface area contributed by atoms with Crippen molar-refractivity contribution in [2.75, 3.05) is 23.3 Å². The molecule has 1 aromatic heterocycles. The van der Waals surface area contributed by atoms with Gasteiger partial charge in [-0.2, -0.15) is 5.10 Å². The van der Waals surface area contributed by atoms with E-state index in [-0.39, 0.29) is 5.56 Å². The Kier molecular flexibility index (Phi) is 6.27. The number of rotatable bonds is 6. The SMILES string of the molecule is CCCC(CBr)Cn1ncc(N2CCC(C)CC2)cc1=O. The molecule has 21 heavy (non-hydrogen) atoms. The molecule has 0 aromatic carbocycles. The zero-order chi connectivity index (χ0) is 15.2. The minimum atomic E-state index is 0.0215. The Morgan fingerprint density at radius 1 is 1.43 bits per heavy atom. The Morgan fingerprint density at radius 2 is 2.14 bits per heavy atom. The zero-order valence-corrected chi connectivity index (χ0v) is 14.7. The standard InChI is InChI=1S/C16H26BrN3O/c1-3-4-14(10-17)12-20-16(21)9-15(11-18-20)19-7-5-13(2)6-8-19/h9,11,13-14H,3-8,10,12H2,1-2H3. The van der Waals surface area contributed by atoms with E-state index in [4.69, 9.17) is 0 Å². The fourth-order valence-corrected chi connectivity index (χ4v) is 3.40. The van der Waals surface area contributed by atoms with Crippen LogP contribution in [0.1, 0.15) is 39.5 Å². The molecule has 1 aliphatic heterocycles. The van der Waals surface area contributed by atoms with Gasteiger partial charge in [0, 0.05) is 31.0 Å². The molecule has 0 N–H and O–H groups in total. The van der Waals surface area contributed by atoms with Crippen molar-refractivity contribution in [3.8, 4) is 0 Å². The summed E-state index contributed by atoms with van der Waals surface area (Å²) in [5.74, 6) is 1.27. The quantitative estimate of drug-likeness (QED) is 0.734. The van der Waals surface area contributed by atoms with E-state index in [1.165, 1.54) is 12.8 Å². The highest BCUT2D eigenvalue weighted by Gasteiger charge is 2.17. The van der Waals surface area contributed by atoms with Crippen molar-refractivity contribution in [1.82, 2.24) is 9.78 Å². The second kappa shape index (κ2) is 7.97. The molecule has 0 spiro atoms. The van der Waals surface area contributed by atoms with Crippen molar-refractivity contribution >= 4 is 21.6 Å². The van der Waals surface area contributed by atoms with Crippen LogP contribution in [-0.4, -0.2) is 28.2 Å². The highest BCUT2D eigenvalue weighted by molar-refractivity contribution is 9.09. The second-order valence-electron chi connectivity index (χ2n) is 6.21. The number of hydrogen-bond acceptors (Lipinski definition) is 3. The largest absolute Gasteiger partial charge is 0.370 e. The number of piperidine rings is 1. The molecule has 0 aliphatic carbocycles. The molecule has 5 heteroatoms. The lowest BCUT2D eigenvalue weighted by Crippen LogP contribution is -2.35. The lowest BCUT2D eigenvalue weighted by molar-refractivity contribution is 0.413. The van der Waals surface area contributed by atoms with Crippen molar-refractivity contribution in [1.29, 1.82) is 0 Å². The number of anilines is 1. The second-order valence-corrected chi connectivity index (χ2v) is 6.86. The van der Waals surface area contributed by atoms with Crippen molar-refractivity contribution in [2.45, 2.75) is 46.1 Å². The Hall–Kier alpha value is -0.840. The lowest BCUT2D eigenvalue weighted by Gasteiger charge is -2.31. The summed E-state index contributed by atoms with van der Waals surface area (Å²) in [6.07, 6.45) is 6.51. The maximum atomic E-state index is 12.3. The van der Waals surface area contributed by atoms with Crippen LogP contribution in [0.15, 0.2) is 17.1 Å². The fraction of sp³-hybridized carbons (Fsp3) is 0.750. The minimum Gasteiger partial charge on any atom is -0.370 e. The monoisotopic (exact) mass is 355 g/mol. The van der Waals surface area contributed by atoms with Gasteiger partial charge in [-0.15, -0.1) is 0 Å². The molecule has 1 aromatic rings. The molecule has 118 valence electrons. The Bertz CT molecular complexity index is 495. The zero-order valence-electron chi connectivity index (χ0n) is 13.1. The Morgan fingerprint density at radius 3 is 2.71 bits per heavy atom. The van der Waals surface area contributed by atoms with Crippen molar-refractivity contribution in [2.24, 2.45) is 11.8 Å². The molecule has 1 fully saturated rings. The molecule has 1 saturated heterocycles. The molecule has 0 radical (unpaired) electrons. The molecule has 1 atom stereocenters. The first-order valence-electron chi connectivity index (χ1n) is 8.02. The Balaban J connectivity index is 2.05. The summed E-state index contributed by atoms with van der Waals surface area (Å²) in [5, 5.41) is 5.30. The van der Waals surface area contributed by atoms with Gasteiger partial charge in [-0.25, -0.2) is 4.68 Å². The van der Waals surface area contributed by atoms with Crippen LogP contribution in [-0.2, 0) is 6.54 Å². The topological polar surface area (TPSA) is 38.1 Å². The van der Waals surface area contributed by atoms with E-state index in [1.54, 1.807) is 10.7 Å². The molecule has 0 bridgehead atoms. The first kappa shape index (κ1) is 16.5. The number of aromatic nitrogens is 2. The molecule has 0 saturated carbocycles. The molecule has 2 heterocycles. The third kappa shape index (κ3) is 4.56. The third-order valence-electron chi connectivity index (χ3n) is 4.35. The van der Waals surface area contributed by atoms with Gasteiger partial charge in [0.25, 0.3) is 5.56 Å². The molecule has 0 amide bonds. The van der Waals surface area contributed by atoms with Gasteiger partial charge in [0.2, 0.25) is 0 Å². The minimum absolute atomic E-state index is 0.0215. The maximum Gasteiger partial charge on any atom is 0.268 e. The first-order valence-corrected chi connectivity index (χ1v) is 9.14. The van der Waals surface area contributed by atoms with Crippen LogP contribution in [0, 0.1) is 11.8 Å². The summed E-state index contributed by atoms with van der Waals surface area (Å²) in [6.45, 7) is 7.24. The molecule has 1 aliphatic rings. The fourth-order valence-electron chi connectivity index (χ4n) is 2.87. The average molecular weight is 356 g/mol. The predicted octanol–water partition coefficient (Wildman–Crippen LogP) is 3.29. The summed E-state index contributed by atoms with van der Waals surface area (Å²) in [6, 6.07) is 1.75. The van der Waals surface area contributed by atoms with Gasteiger partial charge in [0.05, 0.1) is 11.9 Å². The van der Waals surface area contributed by atoms with Gasteiger partial charge in [-0.1, -0.05) is 36.2 Å². The van der Waals surface area contributed by atoms with E-state index in [0.717, 1.165) is 42.9 Å². The van der Waals surface area contributed by atoms with Crippen LogP contribution < -0.4 is 10.5 Å². The van der Waals surface area contributed by atoms with Crippen LogP contribution in [0.2, 0.25) is 0 Å². The molecule has 1 unspecified atom stereocenters. The highest BCUT2D eigenvalue weighted by Crippen LogP contribution is 2.21. The highest BCUT2D eigenvalue weighted by atomic mass is 79.9. The predicted molar refractivity (Wildman–Crippen MR) is 91.3 cm³/mol. The van der Waals surface area contributed by atoms with E-state index in [2.05, 4.69) is 39.8 Å². The summed E-state index contributed by atoms with van der Waals surface area (Å²) in [7, 11) is 0. The van der Waals surface area contributed by atoms with Crippen LogP contribution in [0.25, 0.3) is 0 Å². The van der Waals surface area contributed by atoms with Crippen LogP contribution in [0.3, 0.4) is 0 Å². The molecule has 2 rings (SSSR count). The summed E-state index contributed by atoms with van der Waals surface area (Å²) in [4.78, 5) is 14.5. The van der Waals surface area contributed by atoms with Gasteiger partial charge >= 0.3 is 0 Å². The van der Waals surface area contributed by atoms with Crippen molar-refractivity contribution in [3.05, 3.63) is 22.6 Å². The van der Waals surface area contributed by atoms with E-state index >= 15 is 0 Å². The van der Waals surface area contributed by atoms with Crippen molar-refractivity contribution in [3.63, 3.8) is 0 Å². The van der Waals surface area contributed by atoms with Gasteiger partial charge < -0.3 is 4.90 Å². The van der Waals surface area contributed by atoms with Gasteiger partial charge in [-0.05, 0) is 31.1 Å². The summed E-state index contributed by atoms with van der Waals surface area (Å²) >= 11 is 3.53. The molecular weight excluding hydrogens is 330 g/mol. The normalized spacial score (nSPS) is 18.0. The summed E-state index contributed by atoms with van der Waals surface area (Å²) in [5.41, 5.74) is 1.00. The van der Waals surface area contributed by atoms with Gasteiger partial charge in [-0.3, -0.25) is 4.79 Å². The van der Waals surface area contributed by atoms with Crippen LogP contribution in [0.4, 0.5) is 5.69 Å². The molecular formula is C16H26BrN3O.